The van der Waals surface area contributed by atoms with Gasteiger partial charge in [0.1, 0.15) is 35.8 Å². The molecule has 3 atom stereocenters. The lowest BCUT2D eigenvalue weighted by atomic mass is 9.49. The van der Waals surface area contributed by atoms with Crippen LogP contribution in [0.25, 0.3) is 0 Å². The van der Waals surface area contributed by atoms with Crippen LogP contribution >= 0.6 is 11.6 Å². The molecular formula is C44H47ClN6O7. The minimum atomic E-state index is -1.01. The molecule has 5 aliphatic rings. The molecule has 302 valence electrons. The zero-order valence-corrected chi connectivity index (χ0v) is 33.8. The number of ether oxygens (including phenoxy) is 2. The number of anilines is 1. The van der Waals surface area contributed by atoms with Crippen LogP contribution in [0.15, 0.2) is 60.7 Å². The number of hydrogen-bond donors (Lipinski definition) is 2. The lowest BCUT2D eigenvalue weighted by Gasteiger charge is -2.63. The normalized spacial score (nSPS) is 26.4. The predicted molar refractivity (Wildman–Crippen MR) is 215 cm³/mol. The molecule has 2 saturated heterocycles. The van der Waals surface area contributed by atoms with Gasteiger partial charge < -0.3 is 19.7 Å². The monoisotopic (exact) mass is 806 g/mol. The molecule has 8 rings (SSSR count). The molecule has 0 bridgehead atoms. The molecular weight excluding hydrogens is 760 g/mol. The maximum absolute atomic E-state index is 13.5. The summed E-state index contributed by atoms with van der Waals surface area (Å²) in [6.07, 6.45) is 2.67. The van der Waals surface area contributed by atoms with Crippen molar-refractivity contribution < 1.29 is 33.4 Å². The Balaban J connectivity index is 0.810. The number of amides is 5. The van der Waals surface area contributed by atoms with Gasteiger partial charge in [-0.25, -0.2) is 0 Å². The third-order valence-electron chi connectivity index (χ3n) is 12.8. The van der Waals surface area contributed by atoms with E-state index in [1.54, 1.807) is 36.4 Å². The third kappa shape index (κ3) is 7.06. The van der Waals surface area contributed by atoms with Gasteiger partial charge in [0.15, 0.2) is 0 Å². The van der Waals surface area contributed by atoms with Crippen molar-refractivity contribution >= 4 is 46.8 Å². The molecule has 3 aromatic rings. The van der Waals surface area contributed by atoms with Crippen molar-refractivity contribution in [2.24, 2.45) is 10.8 Å². The van der Waals surface area contributed by atoms with Crippen LogP contribution < -0.4 is 25.0 Å². The largest absolute Gasteiger partial charge is 0.490 e. The van der Waals surface area contributed by atoms with E-state index in [1.807, 2.05) is 24.3 Å². The quantitative estimate of drug-likeness (QED) is 0.270. The fourth-order valence-electron chi connectivity index (χ4n) is 10.1. The summed E-state index contributed by atoms with van der Waals surface area (Å²) in [4.78, 5) is 69.7. The first kappa shape index (κ1) is 39.4. The van der Waals surface area contributed by atoms with Gasteiger partial charge in [-0.3, -0.25) is 39.1 Å². The van der Waals surface area contributed by atoms with Crippen molar-refractivity contribution in [1.82, 2.24) is 20.4 Å². The number of halogens is 1. The van der Waals surface area contributed by atoms with Crippen molar-refractivity contribution in [2.75, 3.05) is 31.1 Å². The minimum absolute atomic E-state index is 0.0330. The number of piperazine rings is 1. The van der Waals surface area contributed by atoms with Gasteiger partial charge in [-0.2, -0.15) is 5.26 Å². The van der Waals surface area contributed by atoms with E-state index >= 15 is 0 Å². The van der Waals surface area contributed by atoms with E-state index in [0.29, 0.717) is 33.7 Å². The van der Waals surface area contributed by atoms with Crippen LogP contribution in [0.5, 0.6) is 11.5 Å². The summed E-state index contributed by atoms with van der Waals surface area (Å²) in [7, 11) is 0. The van der Waals surface area contributed by atoms with Gasteiger partial charge in [-0.15, -0.1) is 0 Å². The van der Waals surface area contributed by atoms with Crippen molar-refractivity contribution in [2.45, 2.75) is 90.1 Å². The number of benzene rings is 3. The van der Waals surface area contributed by atoms with Crippen LogP contribution in [0.2, 0.25) is 5.02 Å². The fraction of sp³-hybridized carbons (Fsp3) is 0.455. The average Bonchev–Trinajstić information content (AvgIpc) is 3.77. The van der Waals surface area contributed by atoms with Crippen LogP contribution in [0, 0.1) is 22.2 Å². The number of nitrogens with zero attached hydrogens (tertiary/aromatic N) is 4. The second-order valence-electron chi connectivity index (χ2n) is 17.2. The number of carbonyl (C=O) groups is 5. The smallest absolute Gasteiger partial charge is 0.262 e. The molecule has 0 radical (unpaired) electrons. The van der Waals surface area contributed by atoms with Crippen molar-refractivity contribution in [1.29, 1.82) is 5.26 Å². The van der Waals surface area contributed by atoms with Crippen LogP contribution in [0.4, 0.5) is 5.69 Å². The zero-order chi connectivity index (χ0) is 41.1. The molecule has 3 heterocycles. The molecule has 0 spiro atoms. The summed E-state index contributed by atoms with van der Waals surface area (Å²) >= 11 is 6.25. The third-order valence-corrected chi connectivity index (χ3v) is 13.1. The Morgan fingerprint density at radius 1 is 0.845 bits per heavy atom. The first-order valence-electron chi connectivity index (χ1n) is 19.9. The molecule has 58 heavy (non-hydrogen) atoms. The summed E-state index contributed by atoms with van der Waals surface area (Å²) < 4.78 is 12.7. The molecule has 1 unspecified atom stereocenters. The summed E-state index contributed by atoms with van der Waals surface area (Å²) in [5.74, 6) is -1.15. The van der Waals surface area contributed by atoms with E-state index in [4.69, 9.17) is 21.1 Å². The number of fused-ring (bicyclic) bond motifs is 1. The maximum Gasteiger partial charge on any atom is 0.262 e. The Kier molecular flexibility index (Phi) is 10.2. The molecule has 3 aliphatic heterocycles. The molecule has 2 aliphatic carbocycles. The Labute approximate surface area is 342 Å². The lowest BCUT2D eigenvalue weighted by Crippen LogP contribution is -2.74. The highest BCUT2D eigenvalue weighted by Crippen LogP contribution is 2.55. The number of rotatable bonds is 9. The standard InChI is InChI=1S/C44H47ClN6O7/c1-43(2)41(44(3,4)42(43)58-31-11-7-26(24-46)34(45)23-31)48-37(53)25-5-8-27(9-6-25)49-17-19-50(20-18-49)28-10-12-29(21-28)57-30-13-14-32-33(22-30)40(56)51(39(32)55)35-15-16-36(52)47-38(35)54/h5-9,11,13-14,22-23,28-29,35,41-42H,10,12,15-21H2,1-4H3,(H,48,53)(H,47,52,54)/t28-,29+,35?,41-,42-/m1/s1. The number of nitrogens with one attached hydrogen (secondary N) is 2. The minimum Gasteiger partial charge on any atom is -0.490 e. The van der Waals surface area contributed by atoms with Crippen LogP contribution in [-0.4, -0.2) is 95.8 Å². The highest BCUT2D eigenvalue weighted by Gasteiger charge is 2.64. The second-order valence-corrected chi connectivity index (χ2v) is 17.6. The van der Waals surface area contributed by atoms with Crippen LogP contribution in [-0.2, 0) is 9.59 Å². The van der Waals surface area contributed by atoms with Gasteiger partial charge in [0.2, 0.25) is 11.8 Å². The van der Waals surface area contributed by atoms with Crippen molar-refractivity contribution in [3.63, 3.8) is 0 Å². The zero-order valence-electron chi connectivity index (χ0n) is 33.0. The van der Waals surface area contributed by atoms with E-state index < -0.39 is 29.7 Å². The number of imide groups is 2. The highest BCUT2D eigenvalue weighted by atomic mass is 35.5. The maximum atomic E-state index is 13.5. The molecule has 4 fully saturated rings. The molecule has 2 saturated carbocycles. The van der Waals surface area contributed by atoms with Gasteiger partial charge >= 0.3 is 0 Å². The summed E-state index contributed by atoms with van der Waals surface area (Å²) in [6, 6.07) is 19.0. The van der Waals surface area contributed by atoms with Gasteiger partial charge in [0.25, 0.3) is 17.7 Å². The van der Waals surface area contributed by atoms with E-state index in [2.05, 4.69) is 54.2 Å². The van der Waals surface area contributed by atoms with Gasteiger partial charge in [0.05, 0.1) is 21.7 Å². The van der Waals surface area contributed by atoms with E-state index in [9.17, 15) is 29.2 Å². The van der Waals surface area contributed by atoms with Gasteiger partial charge in [-0.1, -0.05) is 39.3 Å². The summed E-state index contributed by atoms with van der Waals surface area (Å²) in [6.45, 7) is 11.9. The van der Waals surface area contributed by atoms with Gasteiger partial charge in [0, 0.05) is 72.8 Å². The SMILES string of the molecule is CC1(C)[C@H](NC(=O)c2ccc(N3CCN([C@@H]4CC[C@H](Oc5ccc6c(c5)C(=O)N(C5CCC(=O)NC5=O)C6=O)C4)CC3)cc2)C(C)(C)[C@H]1Oc1ccc(C#N)c(Cl)c1. The van der Waals surface area contributed by atoms with Crippen molar-refractivity contribution in [3.8, 4) is 17.6 Å². The van der Waals surface area contributed by atoms with Crippen LogP contribution in [0.3, 0.4) is 0 Å². The molecule has 0 aromatic heterocycles. The van der Waals surface area contributed by atoms with Crippen molar-refractivity contribution in [3.05, 3.63) is 87.9 Å². The summed E-state index contributed by atoms with van der Waals surface area (Å²) in [5, 5.41) is 15.1. The Morgan fingerprint density at radius 2 is 1.52 bits per heavy atom. The Bertz CT molecular complexity index is 2210. The molecule has 3 aromatic carbocycles. The molecule has 14 heteroatoms. The predicted octanol–water partition coefficient (Wildman–Crippen LogP) is 5.35. The Morgan fingerprint density at radius 3 is 2.19 bits per heavy atom. The summed E-state index contributed by atoms with van der Waals surface area (Å²) in [5.41, 5.74) is 1.78. The van der Waals surface area contributed by atoms with Crippen LogP contribution in [0.1, 0.15) is 96.4 Å². The van der Waals surface area contributed by atoms with E-state index in [1.165, 1.54) is 0 Å². The lowest BCUT2D eigenvalue weighted by molar-refractivity contribution is -0.164. The highest BCUT2D eigenvalue weighted by molar-refractivity contribution is 6.31. The fourth-order valence-corrected chi connectivity index (χ4v) is 10.3. The second kappa shape index (κ2) is 15.1. The number of piperidine rings is 1. The Hall–Kier alpha value is -5.45. The topological polar surface area (TPSA) is 161 Å². The van der Waals surface area contributed by atoms with E-state index in [0.717, 1.165) is 56.0 Å². The number of carbonyl (C=O) groups excluding carboxylic acids is 5. The first-order valence-corrected chi connectivity index (χ1v) is 20.3. The number of nitriles is 1. The molecule has 13 nitrogen and oxygen atoms in total. The molecule has 2 N–H and O–H groups in total. The van der Waals surface area contributed by atoms with E-state index in [-0.39, 0.29) is 59.0 Å². The molecule has 5 amide bonds. The first-order chi connectivity index (χ1) is 27.6. The average molecular weight is 807 g/mol. The number of hydrogen-bond acceptors (Lipinski definition) is 10. The van der Waals surface area contributed by atoms with Gasteiger partial charge in [-0.05, 0) is 80.3 Å².